The van der Waals surface area contributed by atoms with Gasteiger partial charge in [0.2, 0.25) is 0 Å². The fraction of sp³-hybridized carbons (Fsp3) is 0.250. The number of carboxylic acid groups (broad SMARTS) is 1. The van der Waals surface area contributed by atoms with E-state index in [1.54, 1.807) is 24.3 Å². The van der Waals surface area contributed by atoms with Crippen molar-refractivity contribution in [3.05, 3.63) is 46.6 Å². The largest absolute Gasteiger partial charge is 0.481 e. The molecule has 3 rings (SSSR count). The molecule has 6 nitrogen and oxygen atoms in total. The normalized spacial score (nSPS) is 16.4. The van der Waals surface area contributed by atoms with Crippen molar-refractivity contribution < 1.29 is 9.90 Å². The van der Waals surface area contributed by atoms with Gasteiger partial charge in [0.1, 0.15) is 6.33 Å². The number of nitrogens with zero attached hydrogens (tertiary/aromatic N) is 2. The molecule has 0 unspecified atom stereocenters. The first-order valence-corrected chi connectivity index (χ1v) is 5.60. The van der Waals surface area contributed by atoms with E-state index in [1.165, 1.54) is 10.9 Å². The van der Waals surface area contributed by atoms with Crippen molar-refractivity contribution in [2.24, 2.45) is 0 Å². The maximum Gasteiger partial charge on any atom is 0.347 e. The highest BCUT2D eigenvalue weighted by Gasteiger charge is 2.51. The van der Waals surface area contributed by atoms with Gasteiger partial charge in [0.25, 0.3) is 0 Å². The lowest BCUT2D eigenvalue weighted by Crippen LogP contribution is -2.19. The molecule has 0 amide bonds. The maximum absolute atomic E-state index is 11.4. The molecular formula is C12H11N3O3. The maximum atomic E-state index is 11.4. The van der Waals surface area contributed by atoms with Gasteiger partial charge in [0.15, 0.2) is 0 Å². The quantitative estimate of drug-likeness (QED) is 0.832. The summed E-state index contributed by atoms with van der Waals surface area (Å²) in [5, 5.41) is 15.1. The Kier molecular flexibility index (Phi) is 2.13. The van der Waals surface area contributed by atoms with Crippen LogP contribution in [0, 0.1) is 0 Å². The third kappa shape index (κ3) is 1.46. The predicted octanol–water partition coefficient (Wildman–Crippen LogP) is 0.677. The van der Waals surface area contributed by atoms with Crippen LogP contribution in [0.3, 0.4) is 0 Å². The van der Waals surface area contributed by atoms with Crippen molar-refractivity contribution in [3.8, 4) is 5.69 Å². The summed E-state index contributed by atoms with van der Waals surface area (Å²) < 4.78 is 1.37. The van der Waals surface area contributed by atoms with E-state index in [0.717, 1.165) is 5.56 Å². The number of carboxylic acids is 1. The van der Waals surface area contributed by atoms with Gasteiger partial charge in [-0.25, -0.2) is 14.5 Å². The fourth-order valence-electron chi connectivity index (χ4n) is 2.12. The van der Waals surface area contributed by atoms with E-state index < -0.39 is 11.4 Å². The summed E-state index contributed by atoms with van der Waals surface area (Å²) in [6, 6.07) is 6.98. The Balaban J connectivity index is 1.98. The summed E-state index contributed by atoms with van der Waals surface area (Å²) >= 11 is 0. The Labute approximate surface area is 102 Å². The van der Waals surface area contributed by atoms with Crippen molar-refractivity contribution in [2.75, 3.05) is 0 Å². The highest BCUT2D eigenvalue weighted by Crippen LogP contribution is 2.48. The molecule has 6 heteroatoms. The summed E-state index contributed by atoms with van der Waals surface area (Å²) in [5.74, 6) is -0.782. The average Bonchev–Trinajstić information content (AvgIpc) is 3.08. The number of aromatic amines is 1. The molecule has 1 saturated carbocycles. The second kappa shape index (κ2) is 3.56. The molecule has 18 heavy (non-hydrogen) atoms. The Morgan fingerprint density at radius 2 is 2.00 bits per heavy atom. The minimum Gasteiger partial charge on any atom is -0.481 e. The number of H-pyrrole nitrogens is 1. The molecule has 2 aromatic rings. The number of hydrogen-bond donors (Lipinski definition) is 2. The molecule has 0 saturated heterocycles. The van der Waals surface area contributed by atoms with Crippen molar-refractivity contribution in [3.63, 3.8) is 0 Å². The van der Waals surface area contributed by atoms with Gasteiger partial charge in [0.05, 0.1) is 11.1 Å². The molecule has 0 spiro atoms. The van der Waals surface area contributed by atoms with Gasteiger partial charge < -0.3 is 5.11 Å². The van der Waals surface area contributed by atoms with E-state index in [4.69, 9.17) is 0 Å². The number of hydrogen-bond acceptors (Lipinski definition) is 3. The third-order valence-corrected chi connectivity index (χ3v) is 3.41. The van der Waals surface area contributed by atoms with Crippen molar-refractivity contribution in [1.29, 1.82) is 0 Å². The zero-order chi connectivity index (χ0) is 12.8. The van der Waals surface area contributed by atoms with Gasteiger partial charge in [-0.2, -0.15) is 5.10 Å². The van der Waals surface area contributed by atoms with Crippen LogP contribution in [0.15, 0.2) is 35.4 Å². The van der Waals surface area contributed by atoms with Crippen LogP contribution >= 0.6 is 0 Å². The molecule has 1 heterocycles. The van der Waals surface area contributed by atoms with Gasteiger partial charge in [-0.15, -0.1) is 0 Å². The van der Waals surface area contributed by atoms with Gasteiger partial charge in [0, 0.05) is 0 Å². The average molecular weight is 245 g/mol. The second-order valence-electron chi connectivity index (χ2n) is 4.47. The van der Waals surface area contributed by atoms with E-state index in [-0.39, 0.29) is 5.69 Å². The lowest BCUT2D eigenvalue weighted by Gasteiger charge is -2.10. The Hall–Kier alpha value is -2.37. The molecule has 0 aliphatic heterocycles. The minimum absolute atomic E-state index is 0.317. The van der Waals surface area contributed by atoms with E-state index in [0.29, 0.717) is 18.5 Å². The van der Waals surface area contributed by atoms with Crippen molar-refractivity contribution in [2.45, 2.75) is 18.3 Å². The zero-order valence-electron chi connectivity index (χ0n) is 9.46. The molecule has 2 N–H and O–H groups in total. The standard InChI is InChI=1S/C12H11N3O3/c16-10(17)12(5-6-12)8-1-3-9(4-2-8)15-7-13-14-11(15)18/h1-4,7H,5-6H2,(H,14,18)(H,16,17). The van der Waals surface area contributed by atoms with E-state index >= 15 is 0 Å². The molecule has 1 aromatic heterocycles. The van der Waals surface area contributed by atoms with Crippen LogP contribution in [0.25, 0.3) is 5.69 Å². The predicted molar refractivity (Wildman–Crippen MR) is 62.7 cm³/mol. The highest BCUT2D eigenvalue weighted by atomic mass is 16.4. The van der Waals surface area contributed by atoms with Crippen LogP contribution in [-0.4, -0.2) is 25.8 Å². The summed E-state index contributed by atoms with van der Waals surface area (Å²) in [7, 11) is 0. The Bertz CT molecular complexity index is 650. The highest BCUT2D eigenvalue weighted by molar-refractivity contribution is 5.84. The first-order valence-electron chi connectivity index (χ1n) is 5.60. The van der Waals surface area contributed by atoms with Crippen LogP contribution in [0.4, 0.5) is 0 Å². The van der Waals surface area contributed by atoms with Crippen LogP contribution < -0.4 is 5.69 Å². The van der Waals surface area contributed by atoms with Crippen LogP contribution in [0.2, 0.25) is 0 Å². The SMILES string of the molecule is O=C(O)C1(c2ccc(-n3cn[nH]c3=O)cc2)CC1. The molecule has 92 valence electrons. The molecule has 0 bridgehead atoms. The summed E-state index contributed by atoms with van der Waals surface area (Å²) in [4.78, 5) is 22.6. The topological polar surface area (TPSA) is 88.0 Å². The summed E-state index contributed by atoms with van der Waals surface area (Å²) in [6.07, 6.45) is 2.74. The zero-order valence-corrected chi connectivity index (χ0v) is 9.46. The van der Waals surface area contributed by atoms with Crippen LogP contribution in [0.5, 0.6) is 0 Å². The van der Waals surface area contributed by atoms with Crippen LogP contribution in [0.1, 0.15) is 18.4 Å². The Morgan fingerprint density at radius 3 is 2.44 bits per heavy atom. The number of benzene rings is 1. The summed E-state index contributed by atoms with van der Waals surface area (Å²) in [6.45, 7) is 0. The Morgan fingerprint density at radius 1 is 1.33 bits per heavy atom. The van der Waals surface area contributed by atoms with Gasteiger partial charge in [-0.3, -0.25) is 4.79 Å². The molecule has 1 aliphatic rings. The van der Waals surface area contributed by atoms with Crippen LogP contribution in [-0.2, 0) is 10.2 Å². The monoisotopic (exact) mass is 245 g/mol. The van der Waals surface area contributed by atoms with Gasteiger partial charge >= 0.3 is 11.7 Å². The van der Waals surface area contributed by atoms with E-state index in [1.807, 2.05) is 0 Å². The second-order valence-corrected chi connectivity index (χ2v) is 4.47. The fourth-order valence-corrected chi connectivity index (χ4v) is 2.12. The summed E-state index contributed by atoms with van der Waals surface area (Å²) in [5.41, 5.74) is 0.427. The van der Waals surface area contributed by atoms with E-state index in [9.17, 15) is 14.7 Å². The first-order chi connectivity index (χ1) is 8.63. The van der Waals surface area contributed by atoms with E-state index in [2.05, 4.69) is 10.2 Å². The van der Waals surface area contributed by atoms with Crippen molar-refractivity contribution in [1.82, 2.24) is 14.8 Å². The molecule has 0 radical (unpaired) electrons. The van der Waals surface area contributed by atoms with Crippen molar-refractivity contribution >= 4 is 5.97 Å². The lowest BCUT2D eigenvalue weighted by molar-refractivity contribution is -0.140. The number of nitrogens with one attached hydrogen (secondary N) is 1. The number of rotatable bonds is 3. The number of carbonyl (C=O) groups is 1. The lowest BCUT2D eigenvalue weighted by atomic mass is 9.96. The minimum atomic E-state index is -0.782. The molecule has 1 fully saturated rings. The third-order valence-electron chi connectivity index (χ3n) is 3.41. The first kappa shape index (κ1) is 10.8. The van der Waals surface area contributed by atoms with Gasteiger partial charge in [-0.1, -0.05) is 12.1 Å². The smallest absolute Gasteiger partial charge is 0.347 e. The molecule has 0 atom stereocenters. The van der Waals surface area contributed by atoms with Gasteiger partial charge in [-0.05, 0) is 30.5 Å². The number of aromatic nitrogens is 3. The molecular weight excluding hydrogens is 234 g/mol. The molecule has 1 aliphatic carbocycles. The number of aliphatic carboxylic acids is 1. The molecule has 1 aromatic carbocycles.